The SMILES string of the molecule is Cc1cc(NC(=O)c2cccc(Cl)c2)c2cc(NC(=O)Nc3cccc(F)c3)ccc2n1. The van der Waals surface area contributed by atoms with Crippen molar-refractivity contribution in [3.8, 4) is 0 Å². The largest absolute Gasteiger partial charge is 0.323 e. The normalized spacial score (nSPS) is 10.6. The molecule has 0 fully saturated rings. The maximum Gasteiger partial charge on any atom is 0.323 e. The van der Waals surface area contributed by atoms with Gasteiger partial charge in [0.05, 0.1) is 11.2 Å². The number of carbonyl (C=O) groups excluding carboxylic acids is 2. The first-order chi connectivity index (χ1) is 15.4. The molecule has 0 spiro atoms. The lowest BCUT2D eigenvalue weighted by Gasteiger charge is -2.12. The minimum atomic E-state index is -0.528. The fourth-order valence-electron chi connectivity index (χ4n) is 3.22. The molecule has 1 aromatic heterocycles. The second-order valence-corrected chi connectivity index (χ2v) is 7.53. The molecule has 160 valence electrons. The van der Waals surface area contributed by atoms with Crippen molar-refractivity contribution in [3.05, 3.63) is 94.9 Å². The smallest absolute Gasteiger partial charge is 0.321 e. The van der Waals surface area contributed by atoms with Gasteiger partial charge in [0.1, 0.15) is 5.82 Å². The number of rotatable bonds is 4. The topological polar surface area (TPSA) is 83.1 Å². The maximum atomic E-state index is 13.3. The van der Waals surface area contributed by atoms with Crippen LogP contribution in [0.4, 0.5) is 26.2 Å². The number of nitrogens with one attached hydrogen (secondary N) is 3. The van der Waals surface area contributed by atoms with Gasteiger partial charge in [0, 0.05) is 33.0 Å². The Morgan fingerprint density at radius 1 is 0.875 bits per heavy atom. The summed E-state index contributed by atoms with van der Waals surface area (Å²) in [6.45, 7) is 1.83. The highest BCUT2D eigenvalue weighted by Gasteiger charge is 2.12. The average Bonchev–Trinajstić information content (AvgIpc) is 2.74. The van der Waals surface area contributed by atoms with Gasteiger partial charge in [-0.1, -0.05) is 23.7 Å². The Morgan fingerprint density at radius 2 is 1.62 bits per heavy atom. The summed E-state index contributed by atoms with van der Waals surface area (Å²) in [6, 6.07) is 18.6. The van der Waals surface area contributed by atoms with Crippen LogP contribution in [0.5, 0.6) is 0 Å². The summed E-state index contributed by atoms with van der Waals surface area (Å²) in [5.41, 5.74) is 3.16. The number of anilines is 3. The maximum absolute atomic E-state index is 13.3. The number of amides is 3. The molecule has 0 unspecified atom stereocenters. The molecule has 0 saturated heterocycles. The highest BCUT2D eigenvalue weighted by atomic mass is 35.5. The number of aryl methyl sites for hydroxylation is 1. The van der Waals surface area contributed by atoms with Crippen LogP contribution in [0.15, 0.2) is 72.8 Å². The molecule has 32 heavy (non-hydrogen) atoms. The quantitative estimate of drug-likeness (QED) is 0.346. The fraction of sp³-hybridized carbons (Fsp3) is 0.0417. The van der Waals surface area contributed by atoms with Crippen molar-refractivity contribution >= 4 is 51.5 Å². The van der Waals surface area contributed by atoms with Crippen LogP contribution in [0.3, 0.4) is 0 Å². The Morgan fingerprint density at radius 3 is 2.38 bits per heavy atom. The van der Waals surface area contributed by atoms with E-state index in [-0.39, 0.29) is 5.91 Å². The molecule has 0 saturated carbocycles. The summed E-state index contributed by atoms with van der Waals surface area (Å²) < 4.78 is 13.3. The number of fused-ring (bicyclic) bond motifs is 1. The van der Waals surface area contributed by atoms with Crippen molar-refractivity contribution in [2.24, 2.45) is 0 Å². The number of nitrogens with zero attached hydrogens (tertiary/aromatic N) is 1. The zero-order chi connectivity index (χ0) is 22.7. The van der Waals surface area contributed by atoms with Crippen LogP contribution in [0.1, 0.15) is 16.1 Å². The van der Waals surface area contributed by atoms with E-state index in [2.05, 4.69) is 20.9 Å². The summed E-state index contributed by atoms with van der Waals surface area (Å²) >= 11 is 5.99. The molecule has 3 amide bonds. The summed E-state index contributed by atoms with van der Waals surface area (Å²) in [4.78, 5) is 29.5. The van der Waals surface area contributed by atoms with Gasteiger partial charge in [0.2, 0.25) is 0 Å². The molecule has 0 aliphatic rings. The van der Waals surface area contributed by atoms with Crippen molar-refractivity contribution in [2.75, 3.05) is 16.0 Å². The van der Waals surface area contributed by atoms with Gasteiger partial charge in [0.25, 0.3) is 5.91 Å². The van der Waals surface area contributed by atoms with E-state index in [1.807, 2.05) is 6.92 Å². The van der Waals surface area contributed by atoms with E-state index in [0.29, 0.717) is 38.6 Å². The Labute approximate surface area is 188 Å². The van der Waals surface area contributed by atoms with E-state index in [1.54, 1.807) is 54.6 Å². The number of benzene rings is 3. The van der Waals surface area contributed by atoms with Crippen LogP contribution in [0.2, 0.25) is 5.02 Å². The predicted molar refractivity (Wildman–Crippen MR) is 125 cm³/mol. The second-order valence-electron chi connectivity index (χ2n) is 7.10. The van der Waals surface area contributed by atoms with Gasteiger partial charge in [-0.25, -0.2) is 9.18 Å². The first kappa shape index (κ1) is 21.3. The van der Waals surface area contributed by atoms with Gasteiger partial charge in [-0.3, -0.25) is 9.78 Å². The number of carbonyl (C=O) groups is 2. The Kier molecular flexibility index (Phi) is 6.00. The first-order valence-electron chi connectivity index (χ1n) is 9.69. The Balaban J connectivity index is 1.59. The molecule has 8 heteroatoms. The number of halogens is 2. The third-order valence-corrected chi connectivity index (χ3v) is 4.85. The van der Waals surface area contributed by atoms with Crippen LogP contribution in [-0.4, -0.2) is 16.9 Å². The van der Waals surface area contributed by atoms with Gasteiger partial charge < -0.3 is 16.0 Å². The predicted octanol–water partition coefficient (Wildman–Crippen LogP) is 6.23. The van der Waals surface area contributed by atoms with Crippen molar-refractivity contribution < 1.29 is 14.0 Å². The minimum absolute atomic E-state index is 0.318. The third kappa shape index (κ3) is 5.01. The molecule has 1 heterocycles. The minimum Gasteiger partial charge on any atom is -0.321 e. The Hall–Kier alpha value is -3.97. The highest BCUT2D eigenvalue weighted by molar-refractivity contribution is 6.31. The number of pyridine rings is 1. The van der Waals surface area contributed by atoms with Crippen molar-refractivity contribution in [3.63, 3.8) is 0 Å². The van der Waals surface area contributed by atoms with Crippen LogP contribution >= 0.6 is 11.6 Å². The number of hydrogen-bond acceptors (Lipinski definition) is 3. The monoisotopic (exact) mass is 448 g/mol. The van der Waals surface area contributed by atoms with E-state index in [0.717, 1.165) is 5.69 Å². The van der Waals surface area contributed by atoms with Gasteiger partial charge in [0.15, 0.2) is 0 Å². The molecule has 0 aliphatic carbocycles. The lowest BCUT2D eigenvalue weighted by atomic mass is 10.1. The third-order valence-electron chi connectivity index (χ3n) is 4.61. The Bertz CT molecular complexity index is 1340. The molecule has 3 N–H and O–H groups in total. The van der Waals surface area contributed by atoms with E-state index in [4.69, 9.17) is 11.6 Å². The number of hydrogen-bond donors (Lipinski definition) is 3. The fourth-order valence-corrected chi connectivity index (χ4v) is 3.41. The van der Waals surface area contributed by atoms with E-state index in [9.17, 15) is 14.0 Å². The van der Waals surface area contributed by atoms with E-state index < -0.39 is 11.8 Å². The molecular formula is C24H18ClFN4O2. The molecule has 0 aliphatic heterocycles. The molecule has 3 aromatic carbocycles. The highest BCUT2D eigenvalue weighted by Crippen LogP contribution is 2.27. The standard InChI is InChI=1S/C24H18ClFN4O2/c1-14-10-22(30-23(31)15-4-2-5-16(25)11-15)20-13-19(8-9-21(20)27-14)29-24(32)28-18-7-3-6-17(26)12-18/h2-13H,1H3,(H,27,30,31)(H2,28,29,32). The lowest BCUT2D eigenvalue weighted by molar-refractivity contribution is 0.102. The first-order valence-corrected chi connectivity index (χ1v) is 10.1. The molecule has 4 aromatic rings. The van der Waals surface area contributed by atoms with Gasteiger partial charge in [-0.15, -0.1) is 0 Å². The second kappa shape index (κ2) is 9.03. The molecule has 0 radical (unpaired) electrons. The zero-order valence-corrected chi connectivity index (χ0v) is 17.7. The van der Waals surface area contributed by atoms with Crippen LogP contribution in [-0.2, 0) is 0 Å². The van der Waals surface area contributed by atoms with E-state index in [1.165, 1.54) is 18.2 Å². The molecule has 0 atom stereocenters. The average molecular weight is 449 g/mol. The number of urea groups is 1. The van der Waals surface area contributed by atoms with Crippen molar-refractivity contribution in [2.45, 2.75) is 6.92 Å². The number of aromatic nitrogens is 1. The molecule has 4 rings (SSSR count). The van der Waals surface area contributed by atoms with Gasteiger partial charge in [-0.2, -0.15) is 0 Å². The van der Waals surface area contributed by atoms with Crippen LogP contribution in [0, 0.1) is 12.7 Å². The van der Waals surface area contributed by atoms with Gasteiger partial charge in [-0.05, 0) is 67.6 Å². The van der Waals surface area contributed by atoms with Gasteiger partial charge >= 0.3 is 6.03 Å². The zero-order valence-electron chi connectivity index (χ0n) is 16.9. The lowest BCUT2D eigenvalue weighted by Crippen LogP contribution is -2.19. The summed E-state index contributed by atoms with van der Waals surface area (Å²) in [7, 11) is 0. The molecular weight excluding hydrogens is 431 g/mol. The molecule has 0 bridgehead atoms. The van der Waals surface area contributed by atoms with Crippen LogP contribution in [0.25, 0.3) is 10.9 Å². The van der Waals surface area contributed by atoms with Crippen molar-refractivity contribution in [1.29, 1.82) is 0 Å². The summed E-state index contributed by atoms with van der Waals surface area (Å²) in [5.74, 6) is -0.767. The van der Waals surface area contributed by atoms with Crippen LogP contribution < -0.4 is 16.0 Å². The molecule has 6 nitrogen and oxygen atoms in total. The summed E-state index contributed by atoms with van der Waals surface area (Å²) in [5, 5.41) is 9.28. The summed E-state index contributed by atoms with van der Waals surface area (Å²) in [6.07, 6.45) is 0. The van der Waals surface area contributed by atoms with Crippen molar-refractivity contribution in [1.82, 2.24) is 4.98 Å². The van der Waals surface area contributed by atoms with E-state index >= 15 is 0 Å².